The number of nitrogens with zero attached hydrogens (tertiary/aromatic N) is 4. The molecule has 1 aliphatic heterocycles. The molecule has 1 aliphatic rings. The predicted molar refractivity (Wildman–Crippen MR) is 120 cm³/mol. The fourth-order valence-electron chi connectivity index (χ4n) is 3.92. The van der Waals surface area contributed by atoms with Gasteiger partial charge in [-0.25, -0.2) is 4.68 Å². The Bertz CT molecular complexity index is 1110. The monoisotopic (exact) mass is 434 g/mol. The van der Waals surface area contributed by atoms with Crippen LogP contribution in [0.2, 0.25) is 5.02 Å². The lowest BCUT2D eigenvalue weighted by atomic mass is 10.1. The van der Waals surface area contributed by atoms with Crippen LogP contribution in [0.25, 0.3) is 5.69 Å². The normalized spacial score (nSPS) is 14.8. The van der Waals surface area contributed by atoms with E-state index >= 15 is 0 Å². The molecule has 1 unspecified atom stereocenters. The third-order valence-electron chi connectivity index (χ3n) is 5.57. The molecule has 1 aromatic heterocycles. The molecule has 4 rings (SSSR count). The Morgan fingerprint density at radius 2 is 1.97 bits per heavy atom. The zero-order valence-corrected chi connectivity index (χ0v) is 17.7. The van der Waals surface area contributed by atoms with Gasteiger partial charge in [0, 0.05) is 17.1 Å². The number of aromatic nitrogens is 2. The highest BCUT2D eigenvalue weighted by Crippen LogP contribution is 2.26. The molecule has 158 valence electrons. The predicted octanol–water partition coefficient (Wildman–Crippen LogP) is 3.55. The van der Waals surface area contributed by atoms with E-state index in [1.807, 2.05) is 24.3 Å². The van der Waals surface area contributed by atoms with Crippen molar-refractivity contribution in [1.29, 1.82) is 5.26 Å². The van der Waals surface area contributed by atoms with Crippen LogP contribution in [-0.4, -0.2) is 40.2 Å². The van der Waals surface area contributed by atoms with E-state index in [-0.39, 0.29) is 17.8 Å². The van der Waals surface area contributed by atoms with Crippen LogP contribution >= 0.6 is 11.6 Å². The van der Waals surface area contributed by atoms with Gasteiger partial charge in [-0.3, -0.25) is 9.69 Å². The van der Waals surface area contributed by atoms with Gasteiger partial charge < -0.3 is 11.1 Å². The zero-order chi connectivity index (χ0) is 21.8. The molecule has 0 spiro atoms. The molecule has 8 heteroatoms. The maximum Gasteiger partial charge on any atom is 0.251 e. The van der Waals surface area contributed by atoms with Crippen molar-refractivity contribution in [3.63, 3.8) is 0 Å². The van der Waals surface area contributed by atoms with Crippen LogP contribution in [0, 0.1) is 11.3 Å². The van der Waals surface area contributed by atoms with Gasteiger partial charge in [-0.1, -0.05) is 23.7 Å². The van der Waals surface area contributed by atoms with Crippen molar-refractivity contribution in [2.24, 2.45) is 0 Å². The fraction of sp³-hybridized carbons (Fsp3) is 0.261. The number of nitrogens with one attached hydrogen (secondary N) is 1. The zero-order valence-electron chi connectivity index (χ0n) is 17.0. The van der Waals surface area contributed by atoms with E-state index in [0.29, 0.717) is 28.4 Å². The summed E-state index contributed by atoms with van der Waals surface area (Å²) in [5, 5.41) is 16.9. The maximum atomic E-state index is 12.8. The summed E-state index contributed by atoms with van der Waals surface area (Å²) in [5.41, 5.74) is 8.58. The Hall–Kier alpha value is -3.34. The number of hydrogen-bond acceptors (Lipinski definition) is 5. The second-order valence-electron chi connectivity index (χ2n) is 7.54. The molecule has 2 heterocycles. The summed E-state index contributed by atoms with van der Waals surface area (Å²) in [6.07, 6.45) is 3.75. The Balaban J connectivity index is 1.46. The number of likely N-dealkylation sites (tertiary alicyclic amines) is 1. The van der Waals surface area contributed by atoms with E-state index in [1.54, 1.807) is 24.3 Å². The van der Waals surface area contributed by atoms with Gasteiger partial charge in [-0.2, -0.15) is 10.4 Å². The van der Waals surface area contributed by atoms with Crippen molar-refractivity contribution in [2.75, 3.05) is 25.4 Å². The molecule has 0 bridgehead atoms. The smallest absolute Gasteiger partial charge is 0.251 e. The summed E-state index contributed by atoms with van der Waals surface area (Å²) in [6, 6.07) is 16.9. The van der Waals surface area contributed by atoms with E-state index in [2.05, 4.69) is 21.4 Å². The average Bonchev–Trinajstić information content (AvgIpc) is 3.44. The molecule has 31 heavy (non-hydrogen) atoms. The maximum absolute atomic E-state index is 12.8. The van der Waals surface area contributed by atoms with Crippen molar-refractivity contribution >= 4 is 23.3 Å². The van der Waals surface area contributed by atoms with Crippen LogP contribution in [0.1, 0.15) is 40.4 Å². The summed E-state index contributed by atoms with van der Waals surface area (Å²) in [4.78, 5) is 15.2. The second-order valence-corrected chi connectivity index (χ2v) is 7.97. The van der Waals surface area contributed by atoms with Crippen LogP contribution < -0.4 is 11.1 Å². The second kappa shape index (κ2) is 9.21. The molecule has 7 nitrogen and oxygen atoms in total. The first-order valence-electron chi connectivity index (χ1n) is 10.2. The molecular weight excluding hydrogens is 412 g/mol. The van der Waals surface area contributed by atoms with Gasteiger partial charge in [-0.05, 0) is 67.9 Å². The van der Waals surface area contributed by atoms with Crippen LogP contribution in [0.15, 0.2) is 54.7 Å². The van der Waals surface area contributed by atoms with Crippen molar-refractivity contribution in [3.05, 3.63) is 76.4 Å². The standard InChI is InChI=1S/C23H23ClN6O/c24-19-5-3-4-17(12-19)21(29-10-1-2-11-29)15-27-23(31)16-6-8-20(9-7-16)30-22(26)18(13-25)14-28-30/h3-9,12,14,21H,1-2,10-11,15,26H2,(H,27,31). The summed E-state index contributed by atoms with van der Waals surface area (Å²) >= 11 is 6.20. The van der Waals surface area contributed by atoms with Crippen LogP contribution in [-0.2, 0) is 0 Å². The van der Waals surface area contributed by atoms with E-state index in [4.69, 9.17) is 22.6 Å². The Kier molecular flexibility index (Phi) is 6.21. The number of amides is 1. The van der Waals surface area contributed by atoms with E-state index in [9.17, 15) is 4.79 Å². The number of anilines is 1. The first-order chi connectivity index (χ1) is 15.1. The average molecular weight is 435 g/mol. The van der Waals surface area contributed by atoms with Gasteiger partial charge in [0.2, 0.25) is 0 Å². The van der Waals surface area contributed by atoms with E-state index in [1.165, 1.54) is 10.9 Å². The quantitative estimate of drug-likeness (QED) is 0.618. The molecule has 1 fully saturated rings. The number of halogens is 1. The molecule has 0 saturated carbocycles. The summed E-state index contributed by atoms with van der Waals surface area (Å²) in [5.74, 6) is 0.124. The molecule has 3 aromatic rings. The number of carbonyl (C=O) groups excluding carboxylic acids is 1. The molecule has 1 amide bonds. The molecule has 2 aromatic carbocycles. The first-order valence-corrected chi connectivity index (χ1v) is 10.6. The van der Waals surface area contributed by atoms with E-state index < -0.39 is 0 Å². The highest BCUT2D eigenvalue weighted by atomic mass is 35.5. The number of nitrogens with two attached hydrogens (primary N) is 1. The van der Waals surface area contributed by atoms with Crippen molar-refractivity contribution in [2.45, 2.75) is 18.9 Å². The number of benzene rings is 2. The Labute approximate surface area is 186 Å². The summed E-state index contributed by atoms with van der Waals surface area (Å²) in [7, 11) is 0. The lowest BCUT2D eigenvalue weighted by molar-refractivity contribution is 0.0938. The SMILES string of the molecule is N#Cc1cnn(-c2ccc(C(=O)NCC(c3cccc(Cl)c3)N3CCCC3)cc2)c1N. The molecular formula is C23H23ClN6O. The minimum Gasteiger partial charge on any atom is -0.382 e. The summed E-state index contributed by atoms with van der Waals surface area (Å²) < 4.78 is 1.47. The van der Waals surface area contributed by atoms with Gasteiger partial charge in [0.05, 0.1) is 17.9 Å². The third-order valence-corrected chi connectivity index (χ3v) is 5.81. The number of hydrogen-bond donors (Lipinski definition) is 2. The number of carbonyl (C=O) groups is 1. The summed E-state index contributed by atoms with van der Waals surface area (Å²) in [6.45, 7) is 2.52. The van der Waals surface area contributed by atoms with Crippen molar-refractivity contribution in [1.82, 2.24) is 20.0 Å². The lowest BCUT2D eigenvalue weighted by Crippen LogP contribution is -2.36. The van der Waals surface area contributed by atoms with Crippen LogP contribution in [0.5, 0.6) is 0 Å². The number of nitriles is 1. The van der Waals surface area contributed by atoms with Gasteiger partial charge in [-0.15, -0.1) is 0 Å². The third kappa shape index (κ3) is 4.55. The van der Waals surface area contributed by atoms with Gasteiger partial charge in [0.25, 0.3) is 5.91 Å². The van der Waals surface area contributed by atoms with E-state index in [0.717, 1.165) is 31.5 Å². The topological polar surface area (TPSA) is 100.0 Å². The molecule has 1 atom stereocenters. The highest BCUT2D eigenvalue weighted by molar-refractivity contribution is 6.30. The highest BCUT2D eigenvalue weighted by Gasteiger charge is 2.24. The molecule has 0 aliphatic carbocycles. The minimum atomic E-state index is -0.149. The first kappa shape index (κ1) is 20.9. The Morgan fingerprint density at radius 1 is 1.23 bits per heavy atom. The van der Waals surface area contributed by atoms with Crippen LogP contribution in [0.3, 0.4) is 0 Å². The van der Waals surface area contributed by atoms with Crippen molar-refractivity contribution in [3.8, 4) is 11.8 Å². The number of rotatable bonds is 6. The largest absolute Gasteiger partial charge is 0.382 e. The van der Waals surface area contributed by atoms with Gasteiger partial charge in [0.1, 0.15) is 17.5 Å². The van der Waals surface area contributed by atoms with Crippen molar-refractivity contribution < 1.29 is 4.79 Å². The molecule has 0 radical (unpaired) electrons. The molecule has 1 saturated heterocycles. The lowest BCUT2D eigenvalue weighted by Gasteiger charge is -2.28. The minimum absolute atomic E-state index is 0.0812. The number of nitrogen functional groups attached to an aromatic ring is 1. The van der Waals surface area contributed by atoms with Gasteiger partial charge in [0.15, 0.2) is 0 Å². The fourth-order valence-corrected chi connectivity index (χ4v) is 4.12. The van der Waals surface area contributed by atoms with Crippen LogP contribution in [0.4, 0.5) is 5.82 Å². The van der Waals surface area contributed by atoms with Gasteiger partial charge >= 0.3 is 0 Å². The Morgan fingerprint density at radius 3 is 2.61 bits per heavy atom. The molecule has 3 N–H and O–H groups in total.